The Hall–Kier alpha value is -5.24. The van der Waals surface area contributed by atoms with Gasteiger partial charge >= 0.3 is 23.9 Å². The van der Waals surface area contributed by atoms with E-state index in [1.807, 2.05) is 48.5 Å². The lowest BCUT2D eigenvalue weighted by molar-refractivity contribution is -0.138. The van der Waals surface area contributed by atoms with Gasteiger partial charge in [-0.05, 0) is 59.7 Å². The summed E-state index contributed by atoms with van der Waals surface area (Å²) in [6, 6.07) is 32.8. The molecular weight excluding hydrogens is 548 g/mol. The van der Waals surface area contributed by atoms with Crippen LogP contribution in [-0.2, 0) is 24.5 Å². The van der Waals surface area contributed by atoms with Crippen LogP contribution in [0.5, 0.6) is 17.2 Å². The molecule has 4 aromatic rings. The maximum absolute atomic E-state index is 12.2. The Labute approximate surface area is 252 Å². The van der Waals surface area contributed by atoms with E-state index in [4.69, 9.17) is 14.2 Å². The summed E-state index contributed by atoms with van der Waals surface area (Å²) in [5, 5.41) is 0. The van der Waals surface area contributed by atoms with Gasteiger partial charge in [-0.1, -0.05) is 74.5 Å². The van der Waals surface area contributed by atoms with Crippen LogP contribution in [0.4, 0.5) is 0 Å². The van der Waals surface area contributed by atoms with E-state index in [0.29, 0.717) is 22.8 Å². The van der Waals surface area contributed by atoms with Crippen LogP contribution in [0.15, 0.2) is 109 Å². The van der Waals surface area contributed by atoms with Gasteiger partial charge < -0.3 is 18.9 Å². The standard InChI is InChI=1S/C24H22O4.C8H8O2.C3H6O2/c1-17(25)27-21-13-9-19(10-14-21)24(2,3)20-11-15-22(16-12-20)28-23(26)18-7-5-4-6-8-18;1-7(9)10-8-5-3-2-4-6-8;1-3(4)5-2/h4-16H,1-3H3;2-6H,1H3;1-2H3. The molecule has 0 aliphatic rings. The third kappa shape index (κ3) is 12.0. The quantitative estimate of drug-likeness (QED) is 0.177. The fourth-order valence-corrected chi connectivity index (χ4v) is 3.61. The van der Waals surface area contributed by atoms with E-state index in [-0.39, 0.29) is 29.3 Å². The highest BCUT2D eigenvalue weighted by molar-refractivity contribution is 5.90. The predicted molar refractivity (Wildman–Crippen MR) is 163 cm³/mol. The molecule has 0 fully saturated rings. The molecule has 0 saturated carbocycles. The van der Waals surface area contributed by atoms with Crippen LogP contribution in [0, 0.1) is 0 Å². The predicted octanol–water partition coefficient (Wildman–Crippen LogP) is 6.95. The van der Waals surface area contributed by atoms with Gasteiger partial charge in [-0.3, -0.25) is 14.4 Å². The molecule has 43 heavy (non-hydrogen) atoms. The third-order valence-electron chi connectivity index (χ3n) is 5.93. The van der Waals surface area contributed by atoms with Gasteiger partial charge in [-0.25, -0.2) is 4.79 Å². The summed E-state index contributed by atoms with van der Waals surface area (Å²) in [6.07, 6.45) is 0. The molecule has 8 nitrogen and oxygen atoms in total. The fraction of sp³-hybridized carbons (Fsp3) is 0.200. The first kappa shape index (κ1) is 34.0. The van der Waals surface area contributed by atoms with Gasteiger partial charge in [0, 0.05) is 26.2 Å². The van der Waals surface area contributed by atoms with Gasteiger partial charge in [0.15, 0.2) is 0 Å². The number of hydrogen-bond donors (Lipinski definition) is 0. The first-order valence-electron chi connectivity index (χ1n) is 13.4. The number of carbonyl (C=O) groups excluding carboxylic acids is 4. The molecule has 4 aromatic carbocycles. The van der Waals surface area contributed by atoms with Crippen LogP contribution >= 0.6 is 0 Å². The molecule has 0 amide bonds. The number of hydrogen-bond acceptors (Lipinski definition) is 8. The Morgan fingerprint density at radius 2 is 0.837 bits per heavy atom. The minimum Gasteiger partial charge on any atom is -0.469 e. The summed E-state index contributed by atoms with van der Waals surface area (Å²) in [4.78, 5) is 43.2. The number of methoxy groups -OCH3 is 1. The molecule has 0 bridgehead atoms. The Bertz CT molecular complexity index is 1460. The Morgan fingerprint density at radius 3 is 1.21 bits per heavy atom. The zero-order valence-electron chi connectivity index (χ0n) is 25.2. The molecule has 0 spiro atoms. The molecule has 224 valence electrons. The summed E-state index contributed by atoms with van der Waals surface area (Å²) < 4.78 is 19.4. The SMILES string of the molecule is CC(=O)Oc1ccc(C(C)(C)c2ccc(OC(=O)c3ccccc3)cc2)cc1.CC(=O)Oc1ccccc1.COC(C)=O. The van der Waals surface area contributed by atoms with E-state index in [2.05, 4.69) is 18.6 Å². The van der Waals surface area contributed by atoms with E-state index < -0.39 is 0 Å². The van der Waals surface area contributed by atoms with Gasteiger partial charge in [0.1, 0.15) is 17.2 Å². The molecule has 8 heteroatoms. The molecule has 0 aliphatic carbocycles. The molecule has 0 aliphatic heterocycles. The number of benzene rings is 4. The summed E-state index contributed by atoms with van der Waals surface area (Å²) >= 11 is 0. The van der Waals surface area contributed by atoms with Crippen molar-refractivity contribution in [1.29, 1.82) is 0 Å². The minimum atomic E-state index is -0.381. The van der Waals surface area contributed by atoms with Crippen molar-refractivity contribution in [3.63, 3.8) is 0 Å². The van der Waals surface area contributed by atoms with Crippen molar-refractivity contribution >= 4 is 23.9 Å². The highest BCUT2D eigenvalue weighted by Gasteiger charge is 2.23. The molecular formula is C35H36O8. The highest BCUT2D eigenvalue weighted by Crippen LogP contribution is 2.33. The summed E-state index contributed by atoms with van der Waals surface area (Å²) in [7, 11) is 1.35. The van der Waals surface area contributed by atoms with Crippen molar-refractivity contribution in [3.05, 3.63) is 126 Å². The van der Waals surface area contributed by atoms with Crippen LogP contribution in [0.25, 0.3) is 0 Å². The van der Waals surface area contributed by atoms with Gasteiger partial charge in [0.05, 0.1) is 12.7 Å². The zero-order valence-corrected chi connectivity index (χ0v) is 25.2. The van der Waals surface area contributed by atoms with Gasteiger partial charge in [-0.2, -0.15) is 0 Å². The first-order chi connectivity index (χ1) is 20.4. The van der Waals surface area contributed by atoms with Crippen molar-refractivity contribution in [2.45, 2.75) is 40.0 Å². The topological polar surface area (TPSA) is 105 Å². The van der Waals surface area contributed by atoms with Crippen molar-refractivity contribution in [3.8, 4) is 17.2 Å². The summed E-state index contributed by atoms with van der Waals surface area (Å²) in [5.41, 5.74) is 2.40. The normalized spacial score (nSPS) is 10.0. The Kier molecular flexibility index (Phi) is 13.3. The molecule has 0 aromatic heterocycles. The third-order valence-corrected chi connectivity index (χ3v) is 5.93. The maximum Gasteiger partial charge on any atom is 0.343 e. The largest absolute Gasteiger partial charge is 0.469 e. The monoisotopic (exact) mass is 584 g/mol. The molecule has 4 rings (SSSR count). The zero-order chi connectivity index (χ0) is 31.8. The highest BCUT2D eigenvalue weighted by atomic mass is 16.5. The second kappa shape index (κ2) is 16.9. The average molecular weight is 585 g/mol. The fourth-order valence-electron chi connectivity index (χ4n) is 3.61. The van der Waals surface area contributed by atoms with E-state index in [9.17, 15) is 19.2 Å². The van der Waals surface area contributed by atoms with Crippen molar-refractivity contribution in [1.82, 2.24) is 0 Å². The van der Waals surface area contributed by atoms with Crippen LogP contribution in [0.1, 0.15) is 56.1 Å². The molecule has 0 atom stereocenters. The van der Waals surface area contributed by atoms with Crippen molar-refractivity contribution < 1.29 is 38.1 Å². The average Bonchev–Trinajstić information content (AvgIpc) is 2.99. The van der Waals surface area contributed by atoms with E-state index >= 15 is 0 Å². The lowest BCUT2D eigenvalue weighted by Crippen LogP contribution is -2.19. The van der Waals surface area contributed by atoms with Crippen molar-refractivity contribution in [2.75, 3.05) is 7.11 Å². The minimum absolute atomic E-state index is 0.245. The number of esters is 4. The Morgan fingerprint density at radius 1 is 0.488 bits per heavy atom. The number of carbonyl (C=O) groups is 4. The van der Waals surface area contributed by atoms with Gasteiger partial charge in [0.25, 0.3) is 0 Å². The molecule has 0 N–H and O–H groups in total. The van der Waals surface area contributed by atoms with Crippen LogP contribution in [0.2, 0.25) is 0 Å². The summed E-state index contributed by atoms with van der Waals surface area (Å²) in [5.74, 6) is 0.362. The first-order valence-corrected chi connectivity index (χ1v) is 13.4. The molecule has 0 radical (unpaired) electrons. The number of para-hydroxylation sites is 1. The lowest BCUT2D eigenvalue weighted by atomic mass is 9.78. The number of rotatable bonds is 6. The van der Waals surface area contributed by atoms with E-state index in [1.54, 1.807) is 60.7 Å². The van der Waals surface area contributed by atoms with Crippen LogP contribution in [-0.4, -0.2) is 31.0 Å². The molecule has 0 heterocycles. The van der Waals surface area contributed by atoms with Crippen LogP contribution < -0.4 is 14.2 Å². The smallest absolute Gasteiger partial charge is 0.343 e. The number of ether oxygens (including phenoxy) is 4. The second-order valence-corrected chi connectivity index (χ2v) is 9.63. The molecule has 0 unspecified atom stereocenters. The van der Waals surface area contributed by atoms with Gasteiger partial charge in [-0.15, -0.1) is 0 Å². The van der Waals surface area contributed by atoms with Gasteiger partial charge in [0.2, 0.25) is 0 Å². The summed E-state index contributed by atoms with van der Waals surface area (Å²) in [6.45, 7) is 8.34. The van der Waals surface area contributed by atoms with Crippen molar-refractivity contribution in [2.24, 2.45) is 0 Å². The van der Waals surface area contributed by atoms with Crippen LogP contribution in [0.3, 0.4) is 0 Å². The Balaban J connectivity index is 0.000000353. The van der Waals surface area contributed by atoms with E-state index in [1.165, 1.54) is 27.9 Å². The molecule has 0 saturated heterocycles. The lowest BCUT2D eigenvalue weighted by Gasteiger charge is -2.26. The second-order valence-electron chi connectivity index (χ2n) is 9.63. The van der Waals surface area contributed by atoms with E-state index in [0.717, 1.165) is 11.1 Å². The maximum atomic E-state index is 12.2.